The standard InChI is InChI=1S/C51H31N5O.C50H30N6O/c1-3-10-32(11-4-1)33-22-24-37(25-23-33)49-54-48(36-12-5-2-6-13-36)55-50(56-49)41-15-9-14-38(31-41)34-18-20-35(21-19-34)39-26-28-42-40(30-39)27-29-45-46(42)47-51(57-45)53-44-17-8-7-16-43(44)52-47;1-3-8-31(9-4-1)32-18-20-36(21-19-32)48-54-47(35-10-5-2-6-11-35)55-49(56-48)40-13-7-12-37(29-40)33-14-16-34(17-15-33)38-22-24-41-39(28-38)23-25-44-45(41)46-50(57-44)53-42-26-27-51-30-43(42)52-46/h1-31H;1-30H. The Labute approximate surface area is 653 Å². The van der Waals surface area contributed by atoms with E-state index in [-0.39, 0.29) is 0 Å². The molecule has 13 nitrogen and oxygen atoms in total. The molecule has 22 aromatic rings. The molecule has 22 rings (SSSR count). The maximum absolute atomic E-state index is 6.16. The summed E-state index contributed by atoms with van der Waals surface area (Å²) >= 11 is 0. The van der Waals surface area contributed by atoms with Gasteiger partial charge in [-0.3, -0.25) is 4.98 Å². The van der Waals surface area contributed by atoms with Crippen molar-refractivity contribution in [1.82, 2.24) is 54.8 Å². The van der Waals surface area contributed by atoms with E-state index in [0.717, 1.165) is 166 Å². The summed E-state index contributed by atoms with van der Waals surface area (Å²) in [6.45, 7) is 0. The van der Waals surface area contributed by atoms with Crippen LogP contribution in [0.3, 0.4) is 0 Å². The summed E-state index contributed by atoms with van der Waals surface area (Å²) in [6, 6.07) is 123. The Morgan fingerprint density at radius 1 is 0.184 bits per heavy atom. The number of benzene rings is 15. The van der Waals surface area contributed by atoms with Crippen LogP contribution in [0, 0.1) is 0 Å². The normalized spacial score (nSPS) is 11.5. The van der Waals surface area contributed by atoms with Crippen molar-refractivity contribution >= 4 is 88.0 Å². The van der Waals surface area contributed by atoms with Crippen molar-refractivity contribution in [2.24, 2.45) is 0 Å². The molecule has 0 N–H and O–H groups in total. The molecule has 0 atom stereocenters. The molecule has 0 aliphatic carbocycles. The molecule has 13 heteroatoms. The van der Waals surface area contributed by atoms with Crippen molar-refractivity contribution in [3.63, 3.8) is 0 Å². The van der Waals surface area contributed by atoms with E-state index in [1.807, 2.05) is 115 Å². The average Bonchev–Trinajstić information content (AvgIpc) is 1.62. The minimum Gasteiger partial charge on any atom is -0.436 e. The number of nitrogens with zero attached hydrogens (tertiary/aromatic N) is 11. The number of furan rings is 2. The van der Waals surface area contributed by atoms with Gasteiger partial charge in [-0.2, -0.15) is 0 Å². The average molecular weight is 1460 g/mol. The van der Waals surface area contributed by atoms with E-state index in [0.29, 0.717) is 46.4 Å². The van der Waals surface area contributed by atoms with E-state index in [4.69, 9.17) is 58.7 Å². The van der Waals surface area contributed by atoms with Gasteiger partial charge in [-0.15, -0.1) is 0 Å². The van der Waals surface area contributed by atoms with Crippen LogP contribution in [0.5, 0.6) is 0 Å². The first-order chi connectivity index (χ1) is 56.4. The monoisotopic (exact) mass is 1460 g/mol. The largest absolute Gasteiger partial charge is 0.436 e. The predicted octanol–water partition coefficient (Wildman–Crippen LogP) is 25.1. The van der Waals surface area contributed by atoms with Gasteiger partial charge < -0.3 is 8.83 Å². The Kier molecular flexibility index (Phi) is 16.5. The number of fused-ring (bicyclic) bond motifs is 12. The molecule has 0 aliphatic rings. The predicted molar refractivity (Wildman–Crippen MR) is 458 cm³/mol. The molecule has 7 aromatic heterocycles. The Morgan fingerprint density at radius 3 is 0.868 bits per heavy atom. The highest BCUT2D eigenvalue weighted by atomic mass is 16.3. The van der Waals surface area contributed by atoms with Gasteiger partial charge in [0.2, 0.25) is 11.4 Å². The molecule has 0 amide bonds. The van der Waals surface area contributed by atoms with Gasteiger partial charge in [0.15, 0.2) is 34.9 Å². The van der Waals surface area contributed by atoms with Gasteiger partial charge in [0, 0.05) is 39.6 Å². The van der Waals surface area contributed by atoms with Gasteiger partial charge in [0.05, 0.1) is 33.5 Å². The molecular formula is C101H61N11O2. The van der Waals surface area contributed by atoms with E-state index in [1.54, 1.807) is 12.4 Å². The Morgan fingerprint density at radius 2 is 0.465 bits per heavy atom. The topological polar surface area (TPSA) is 168 Å². The molecule has 0 saturated heterocycles. The zero-order valence-electron chi connectivity index (χ0n) is 61.0. The molecule has 0 fully saturated rings. The van der Waals surface area contributed by atoms with Crippen molar-refractivity contribution in [3.05, 3.63) is 370 Å². The van der Waals surface area contributed by atoms with Gasteiger partial charge in [-0.05, 0) is 143 Å². The highest BCUT2D eigenvalue weighted by molar-refractivity contribution is 6.19. The fourth-order valence-electron chi connectivity index (χ4n) is 15.2. The fourth-order valence-corrected chi connectivity index (χ4v) is 15.2. The van der Waals surface area contributed by atoms with E-state index in [1.165, 1.54) is 11.1 Å². The van der Waals surface area contributed by atoms with Crippen LogP contribution in [0.4, 0.5) is 0 Å². The van der Waals surface area contributed by atoms with Gasteiger partial charge in [0.25, 0.3) is 0 Å². The Hall–Kier alpha value is -15.7. The molecule has 15 aromatic carbocycles. The summed E-state index contributed by atoms with van der Waals surface area (Å²) in [5.41, 5.74) is 26.4. The third-order valence-corrected chi connectivity index (χ3v) is 21.0. The van der Waals surface area contributed by atoms with Crippen molar-refractivity contribution in [2.75, 3.05) is 0 Å². The zero-order chi connectivity index (χ0) is 75.4. The minimum atomic E-state index is 0.529. The second-order valence-electron chi connectivity index (χ2n) is 28.1. The van der Waals surface area contributed by atoms with Gasteiger partial charge in [-0.1, -0.05) is 303 Å². The summed E-state index contributed by atoms with van der Waals surface area (Å²) in [4.78, 5) is 53.4. The smallest absolute Gasteiger partial charge is 0.246 e. The van der Waals surface area contributed by atoms with Crippen LogP contribution in [0.1, 0.15) is 0 Å². The second-order valence-corrected chi connectivity index (χ2v) is 28.1. The third kappa shape index (κ3) is 12.7. The van der Waals surface area contributed by atoms with Crippen molar-refractivity contribution in [2.45, 2.75) is 0 Å². The van der Waals surface area contributed by atoms with Crippen molar-refractivity contribution in [1.29, 1.82) is 0 Å². The molecule has 0 bridgehead atoms. The quantitative estimate of drug-likeness (QED) is 0.113. The van der Waals surface area contributed by atoms with E-state index in [2.05, 4.69) is 248 Å². The van der Waals surface area contributed by atoms with Crippen LogP contribution in [-0.4, -0.2) is 54.8 Å². The van der Waals surface area contributed by atoms with Crippen LogP contribution in [0.2, 0.25) is 0 Å². The number of hydrogen-bond acceptors (Lipinski definition) is 13. The van der Waals surface area contributed by atoms with Crippen molar-refractivity contribution in [3.8, 4) is 135 Å². The Bertz CT molecular complexity index is 6990. The van der Waals surface area contributed by atoms with Crippen LogP contribution < -0.4 is 0 Å². The number of para-hydroxylation sites is 2. The molecule has 0 saturated carbocycles. The Balaban J connectivity index is 0.000000143. The second kappa shape index (κ2) is 28.4. The number of hydrogen-bond donors (Lipinski definition) is 0. The molecule has 0 unspecified atom stereocenters. The lowest BCUT2D eigenvalue weighted by Gasteiger charge is -2.11. The lowest BCUT2D eigenvalue weighted by molar-refractivity contribution is 0.655. The highest BCUT2D eigenvalue weighted by Crippen LogP contribution is 2.41. The van der Waals surface area contributed by atoms with Crippen LogP contribution >= 0.6 is 0 Å². The highest BCUT2D eigenvalue weighted by Gasteiger charge is 2.21. The molecule has 532 valence electrons. The summed E-state index contributed by atoms with van der Waals surface area (Å²) in [5.74, 6) is 3.77. The van der Waals surface area contributed by atoms with Gasteiger partial charge in [0.1, 0.15) is 27.7 Å². The SMILES string of the molecule is c1ccc(-c2ccc(-c3nc(-c4ccccc4)nc(-c4cccc(-c5ccc(-c6ccc7c(ccc8oc9nc%10ccccc%10nc9c87)c6)cc5)c4)n3)cc2)cc1.c1ccc(-c2ccc(-c3nc(-c4ccccc4)nc(-c4cccc(-c5ccc(-c6ccc7c(ccc8oc9nc%10ccncc%10nc9c87)c6)cc5)c4)n3)cc2)cc1. The maximum Gasteiger partial charge on any atom is 0.246 e. The summed E-state index contributed by atoms with van der Waals surface area (Å²) < 4.78 is 12.3. The molecule has 0 aliphatic heterocycles. The first-order valence-electron chi connectivity index (χ1n) is 37.7. The lowest BCUT2D eigenvalue weighted by Crippen LogP contribution is -2.00. The summed E-state index contributed by atoms with van der Waals surface area (Å²) in [5, 5.41) is 6.34. The molecular weight excluding hydrogens is 1400 g/mol. The fraction of sp³-hybridized carbons (Fsp3) is 0. The minimum absolute atomic E-state index is 0.529. The molecule has 0 spiro atoms. The summed E-state index contributed by atoms with van der Waals surface area (Å²) in [7, 11) is 0. The lowest BCUT2D eigenvalue weighted by atomic mass is 9.96. The maximum atomic E-state index is 6.16. The van der Waals surface area contributed by atoms with Crippen LogP contribution in [0.25, 0.3) is 223 Å². The molecule has 114 heavy (non-hydrogen) atoms. The molecule has 0 radical (unpaired) electrons. The van der Waals surface area contributed by atoms with E-state index >= 15 is 0 Å². The van der Waals surface area contributed by atoms with E-state index < -0.39 is 0 Å². The number of pyridine rings is 1. The first-order valence-corrected chi connectivity index (χ1v) is 37.7. The number of aromatic nitrogens is 11. The van der Waals surface area contributed by atoms with E-state index in [9.17, 15) is 0 Å². The van der Waals surface area contributed by atoms with Crippen LogP contribution in [0.15, 0.2) is 379 Å². The summed E-state index contributed by atoms with van der Waals surface area (Å²) in [6.07, 6.45) is 3.45. The number of rotatable bonds is 12. The third-order valence-electron chi connectivity index (χ3n) is 21.0. The van der Waals surface area contributed by atoms with Crippen molar-refractivity contribution < 1.29 is 8.83 Å². The molecule has 7 heterocycles. The van der Waals surface area contributed by atoms with Gasteiger partial charge >= 0.3 is 0 Å². The van der Waals surface area contributed by atoms with Gasteiger partial charge in [-0.25, -0.2) is 49.8 Å². The van der Waals surface area contributed by atoms with Crippen LogP contribution in [-0.2, 0) is 0 Å². The first kappa shape index (κ1) is 66.5. The zero-order valence-corrected chi connectivity index (χ0v) is 61.0.